The highest BCUT2D eigenvalue weighted by atomic mass is 32.2. The maximum atomic E-state index is 12.3. The molecular formula is C20H23NO3S2. The summed E-state index contributed by atoms with van der Waals surface area (Å²) in [7, 11) is 0. The molecule has 0 aliphatic carbocycles. The number of ether oxygens (including phenoxy) is 1. The maximum Gasteiger partial charge on any atom is 0.317 e. The highest BCUT2D eigenvalue weighted by molar-refractivity contribution is 8.00. The van der Waals surface area contributed by atoms with E-state index in [-0.39, 0.29) is 11.7 Å². The minimum absolute atomic E-state index is 0.170. The fourth-order valence-corrected chi connectivity index (χ4v) is 3.71. The number of esters is 1. The highest BCUT2D eigenvalue weighted by Gasteiger charge is 2.19. The van der Waals surface area contributed by atoms with Crippen molar-refractivity contribution in [3.05, 3.63) is 53.6 Å². The second-order valence-corrected chi connectivity index (χ2v) is 7.74. The molecule has 4 nitrogen and oxygen atoms in total. The topological polar surface area (TPSA) is 55.4 Å². The van der Waals surface area contributed by atoms with Gasteiger partial charge in [0.2, 0.25) is 0 Å². The zero-order chi connectivity index (χ0) is 19.1. The third kappa shape index (κ3) is 5.81. The van der Waals surface area contributed by atoms with Crippen LogP contribution in [0.1, 0.15) is 18.1 Å². The molecule has 0 aliphatic heterocycles. The normalized spacial score (nSPS) is 11.7. The van der Waals surface area contributed by atoms with Crippen molar-refractivity contribution in [3.63, 3.8) is 0 Å². The van der Waals surface area contributed by atoms with E-state index >= 15 is 0 Å². The van der Waals surface area contributed by atoms with Crippen LogP contribution < -0.4 is 5.32 Å². The maximum absolute atomic E-state index is 12.3. The van der Waals surface area contributed by atoms with E-state index in [1.807, 2.05) is 56.5 Å². The van der Waals surface area contributed by atoms with Gasteiger partial charge in [-0.15, -0.1) is 23.5 Å². The first kappa shape index (κ1) is 20.4. The number of rotatable bonds is 7. The molecule has 0 aliphatic rings. The third-order valence-corrected chi connectivity index (χ3v) is 5.66. The summed E-state index contributed by atoms with van der Waals surface area (Å²) in [4.78, 5) is 26.3. The highest BCUT2D eigenvalue weighted by Crippen LogP contribution is 2.25. The van der Waals surface area contributed by atoms with E-state index in [9.17, 15) is 9.59 Å². The first-order valence-corrected chi connectivity index (χ1v) is 10.4. The zero-order valence-electron chi connectivity index (χ0n) is 15.4. The molecule has 0 saturated carbocycles. The van der Waals surface area contributed by atoms with Crippen molar-refractivity contribution in [3.8, 4) is 0 Å². The molecule has 1 N–H and O–H groups in total. The molecule has 1 unspecified atom stereocenters. The van der Waals surface area contributed by atoms with Crippen LogP contribution in [0, 0.1) is 13.8 Å². The molecule has 2 rings (SSSR count). The number of amides is 1. The number of hydrogen-bond acceptors (Lipinski definition) is 5. The summed E-state index contributed by atoms with van der Waals surface area (Å²) in [6.07, 6.45) is 1.09. The Balaban J connectivity index is 1.86. The van der Waals surface area contributed by atoms with Crippen LogP contribution in [0.4, 0.5) is 5.69 Å². The Kier molecular flexibility index (Phi) is 7.60. The Bertz CT molecular complexity index is 792. The van der Waals surface area contributed by atoms with Crippen molar-refractivity contribution in [2.24, 2.45) is 0 Å². The van der Waals surface area contributed by atoms with E-state index in [1.165, 1.54) is 17.3 Å². The fraction of sp³-hybridized carbons (Fsp3) is 0.300. The van der Waals surface area contributed by atoms with Crippen LogP contribution in [0.15, 0.2) is 52.3 Å². The van der Waals surface area contributed by atoms with Crippen LogP contribution in [0.2, 0.25) is 0 Å². The Morgan fingerprint density at radius 2 is 1.85 bits per heavy atom. The lowest BCUT2D eigenvalue weighted by Crippen LogP contribution is -2.30. The SMILES string of the molecule is CSc1ccccc1NC(=O)C(C)OC(=O)CSc1ccc(C)cc1C. The van der Waals surface area contributed by atoms with Crippen LogP contribution in [0.5, 0.6) is 0 Å². The Labute approximate surface area is 163 Å². The molecule has 2 aromatic carbocycles. The predicted molar refractivity (Wildman–Crippen MR) is 109 cm³/mol. The minimum Gasteiger partial charge on any atom is -0.452 e. The summed E-state index contributed by atoms with van der Waals surface area (Å²) in [5, 5.41) is 2.81. The number of anilines is 1. The van der Waals surface area contributed by atoms with Gasteiger partial charge in [-0.1, -0.05) is 29.8 Å². The summed E-state index contributed by atoms with van der Waals surface area (Å²) >= 11 is 2.96. The van der Waals surface area contributed by atoms with Gasteiger partial charge in [0, 0.05) is 9.79 Å². The minimum atomic E-state index is -0.850. The second kappa shape index (κ2) is 9.69. The summed E-state index contributed by atoms with van der Waals surface area (Å²) < 4.78 is 5.26. The van der Waals surface area contributed by atoms with E-state index in [0.29, 0.717) is 0 Å². The standard InChI is InChI=1S/C20H23NO3S2/c1-13-9-10-17(14(2)11-13)26-12-19(22)24-15(3)20(23)21-16-7-5-6-8-18(16)25-4/h5-11,15H,12H2,1-4H3,(H,21,23). The lowest BCUT2D eigenvalue weighted by Gasteiger charge is -2.15. The predicted octanol–water partition coefficient (Wildman–Crippen LogP) is 4.69. The number of carbonyl (C=O) groups excluding carboxylic acids is 2. The van der Waals surface area contributed by atoms with Crippen LogP contribution in [0.25, 0.3) is 0 Å². The lowest BCUT2D eigenvalue weighted by molar-refractivity contribution is -0.150. The molecule has 0 heterocycles. The van der Waals surface area contributed by atoms with E-state index < -0.39 is 12.1 Å². The van der Waals surface area contributed by atoms with Gasteiger partial charge in [0.05, 0.1) is 11.4 Å². The number of hydrogen-bond donors (Lipinski definition) is 1. The number of nitrogens with one attached hydrogen (secondary N) is 1. The van der Waals surface area contributed by atoms with Crippen LogP contribution in [-0.4, -0.2) is 30.0 Å². The van der Waals surface area contributed by atoms with Gasteiger partial charge in [0.15, 0.2) is 6.10 Å². The second-order valence-electron chi connectivity index (χ2n) is 5.88. The van der Waals surface area contributed by atoms with E-state index in [0.717, 1.165) is 21.0 Å². The largest absolute Gasteiger partial charge is 0.452 e. The van der Waals surface area contributed by atoms with E-state index in [4.69, 9.17) is 4.74 Å². The van der Waals surface area contributed by atoms with Crippen molar-refractivity contribution in [1.29, 1.82) is 0 Å². The average molecular weight is 390 g/mol. The number of thioether (sulfide) groups is 2. The average Bonchev–Trinajstić information content (AvgIpc) is 2.61. The van der Waals surface area contributed by atoms with Crippen LogP contribution in [-0.2, 0) is 14.3 Å². The van der Waals surface area contributed by atoms with Gasteiger partial charge in [-0.2, -0.15) is 0 Å². The van der Waals surface area contributed by atoms with Gasteiger partial charge in [0.1, 0.15) is 0 Å². The van der Waals surface area contributed by atoms with Crippen LogP contribution in [0.3, 0.4) is 0 Å². The fourth-order valence-electron chi connectivity index (χ4n) is 2.36. The van der Waals surface area contributed by atoms with Gasteiger partial charge in [-0.25, -0.2) is 0 Å². The molecule has 0 aromatic heterocycles. The number of aryl methyl sites for hydroxylation is 2. The summed E-state index contributed by atoms with van der Waals surface area (Å²) in [6.45, 7) is 5.63. The molecule has 0 saturated heterocycles. The Morgan fingerprint density at radius 1 is 1.12 bits per heavy atom. The molecule has 2 aromatic rings. The molecule has 0 spiro atoms. The number of carbonyl (C=O) groups is 2. The van der Waals surface area contributed by atoms with Gasteiger partial charge in [0.25, 0.3) is 5.91 Å². The summed E-state index contributed by atoms with van der Waals surface area (Å²) in [5.41, 5.74) is 3.03. The quantitative estimate of drug-likeness (QED) is 0.550. The first-order chi connectivity index (χ1) is 12.4. The van der Waals surface area contributed by atoms with Gasteiger partial charge < -0.3 is 10.1 Å². The molecule has 1 amide bonds. The zero-order valence-corrected chi connectivity index (χ0v) is 17.0. The Morgan fingerprint density at radius 3 is 2.54 bits per heavy atom. The summed E-state index contributed by atoms with van der Waals surface area (Å²) in [5.74, 6) is -0.574. The van der Waals surface area contributed by atoms with E-state index in [1.54, 1.807) is 18.7 Å². The number of benzene rings is 2. The van der Waals surface area contributed by atoms with Gasteiger partial charge in [-0.3, -0.25) is 9.59 Å². The molecule has 26 heavy (non-hydrogen) atoms. The summed E-state index contributed by atoms with van der Waals surface area (Å²) in [6, 6.07) is 13.6. The first-order valence-electron chi connectivity index (χ1n) is 8.24. The smallest absolute Gasteiger partial charge is 0.317 e. The van der Waals surface area contributed by atoms with Crippen molar-refractivity contribution >= 4 is 41.1 Å². The van der Waals surface area contributed by atoms with E-state index in [2.05, 4.69) is 11.4 Å². The monoisotopic (exact) mass is 389 g/mol. The molecule has 1 atom stereocenters. The molecule has 138 valence electrons. The van der Waals surface area contributed by atoms with Crippen molar-refractivity contribution in [2.75, 3.05) is 17.3 Å². The van der Waals surface area contributed by atoms with Crippen LogP contribution >= 0.6 is 23.5 Å². The molecule has 6 heteroatoms. The van der Waals surface area contributed by atoms with Gasteiger partial charge in [-0.05, 0) is 50.8 Å². The van der Waals surface area contributed by atoms with Crippen molar-refractivity contribution < 1.29 is 14.3 Å². The van der Waals surface area contributed by atoms with Crippen molar-refractivity contribution in [1.82, 2.24) is 0 Å². The Hall–Kier alpha value is -1.92. The number of para-hydroxylation sites is 1. The van der Waals surface area contributed by atoms with Crippen molar-refractivity contribution in [2.45, 2.75) is 36.7 Å². The molecule has 0 radical (unpaired) electrons. The lowest BCUT2D eigenvalue weighted by atomic mass is 10.2. The third-order valence-electron chi connectivity index (χ3n) is 3.72. The molecule has 0 fully saturated rings. The van der Waals surface area contributed by atoms with Gasteiger partial charge >= 0.3 is 5.97 Å². The molecule has 0 bridgehead atoms. The molecular weight excluding hydrogens is 366 g/mol.